The highest BCUT2D eigenvalue weighted by molar-refractivity contribution is 7.10. The fraction of sp³-hybridized carbons (Fsp3) is 0.583. The highest BCUT2D eigenvalue weighted by atomic mass is 32.1. The van der Waals surface area contributed by atoms with Crippen LogP contribution in [0.2, 0.25) is 0 Å². The third-order valence-electron chi connectivity index (χ3n) is 2.33. The summed E-state index contributed by atoms with van der Waals surface area (Å²) in [6.07, 6.45) is 0.770. The molecule has 18 heavy (non-hydrogen) atoms. The van der Waals surface area contributed by atoms with Crippen molar-refractivity contribution in [2.75, 3.05) is 33.5 Å². The van der Waals surface area contributed by atoms with E-state index in [1.165, 1.54) is 11.3 Å². The average Bonchev–Trinajstić information content (AvgIpc) is 2.90. The van der Waals surface area contributed by atoms with Gasteiger partial charge in [-0.1, -0.05) is 6.07 Å². The summed E-state index contributed by atoms with van der Waals surface area (Å²) in [5.41, 5.74) is 5.81. The Bertz CT molecular complexity index is 330. The summed E-state index contributed by atoms with van der Waals surface area (Å²) < 4.78 is 10.1. The van der Waals surface area contributed by atoms with Gasteiger partial charge in [-0.2, -0.15) is 0 Å². The molecule has 1 aromatic rings. The molecular formula is C12H20N2O3S. The summed E-state index contributed by atoms with van der Waals surface area (Å²) in [4.78, 5) is 12.6. The lowest BCUT2D eigenvalue weighted by molar-refractivity contribution is -0.122. The number of nitrogens with two attached hydrogens (primary N) is 1. The Kier molecular flexibility index (Phi) is 7.59. The van der Waals surface area contributed by atoms with Crippen LogP contribution in [-0.2, 0) is 14.3 Å². The minimum Gasteiger partial charge on any atom is -0.382 e. The third-order valence-corrected chi connectivity index (χ3v) is 3.28. The number of thiophene rings is 1. The molecule has 6 heteroatoms. The Morgan fingerprint density at radius 1 is 1.50 bits per heavy atom. The second-order valence-electron chi connectivity index (χ2n) is 3.74. The zero-order chi connectivity index (χ0) is 13.2. The van der Waals surface area contributed by atoms with E-state index in [0.29, 0.717) is 26.4 Å². The van der Waals surface area contributed by atoms with Gasteiger partial charge < -0.3 is 20.5 Å². The molecule has 0 saturated carbocycles. The third kappa shape index (κ3) is 5.59. The summed E-state index contributed by atoms with van der Waals surface area (Å²) in [5, 5.41) is 4.70. The van der Waals surface area contributed by atoms with Gasteiger partial charge in [0.05, 0.1) is 13.2 Å². The molecule has 5 nitrogen and oxygen atoms in total. The number of nitrogens with one attached hydrogen (secondary N) is 1. The minimum atomic E-state index is -0.570. The molecule has 1 unspecified atom stereocenters. The van der Waals surface area contributed by atoms with Crippen LogP contribution in [0.4, 0.5) is 0 Å². The van der Waals surface area contributed by atoms with Crippen LogP contribution in [0.15, 0.2) is 17.5 Å². The van der Waals surface area contributed by atoms with Gasteiger partial charge in [0.1, 0.15) is 6.04 Å². The molecule has 0 bridgehead atoms. The predicted molar refractivity (Wildman–Crippen MR) is 71.6 cm³/mol. The van der Waals surface area contributed by atoms with Crippen LogP contribution in [0.5, 0.6) is 0 Å². The maximum Gasteiger partial charge on any atom is 0.242 e. The van der Waals surface area contributed by atoms with E-state index in [-0.39, 0.29) is 5.91 Å². The van der Waals surface area contributed by atoms with Gasteiger partial charge in [0.2, 0.25) is 5.91 Å². The van der Waals surface area contributed by atoms with E-state index >= 15 is 0 Å². The number of carbonyl (C=O) groups is 1. The molecule has 102 valence electrons. The van der Waals surface area contributed by atoms with Crippen molar-refractivity contribution in [3.05, 3.63) is 22.4 Å². The summed E-state index contributed by atoms with van der Waals surface area (Å²) in [6, 6.07) is 3.18. The number of carbonyl (C=O) groups excluding carboxylic acids is 1. The number of methoxy groups -OCH3 is 1. The zero-order valence-electron chi connectivity index (χ0n) is 10.6. The summed E-state index contributed by atoms with van der Waals surface area (Å²) in [5.74, 6) is -0.144. The first kappa shape index (κ1) is 15.1. The highest BCUT2D eigenvalue weighted by Crippen LogP contribution is 2.16. The Morgan fingerprint density at radius 2 is 2.33 bits per heavy atom. The molecule has 1 atom stereocenters. The normalized spacial score (nSPS) is 12.3. The van der Waals surface area contributed by atoms with Crippen LogP contribution in [0.1, 0.15) is 17.3 Å². The number of rotatable bonds is 9. The van der Waals surface area contributed by atoms with Crippen LogP contribution in [0.3, 0.4) is 0 Å². The molecule has 1 rings (SSSR count). The van der Waals surface area contributed by atoms with E-state index in [1.54, 1.807) is 7.11 Å². The van der Waals surface area contributed by atoms with Crippen LogP contribution < -0.4 is 11.1 Å². The number of hydrogen-bond donors (Lipinski definition) is 2. The van der Waals surface area contributed by atoms with E-state index in [1.807, 2.05) is 17.5 Å². The minimum absolute atomic E-state index is 0.144. The molecule has 3 N–H and O–H groups in total. The molecule has 0 aliphatic heterocycles. The van der Waals surface area contributed by atoms with Gasteiger partial charge in [-0.15, -0.1) is 11.3 Å². The second kappa shape index (κ2) is 9.04. The Labute approximate surface area is 111 Å². The summed E-state index contributed by atoms with van der Waals surface area (Å²) in [7, 11) is 1.63. The molecule has 0 aliphatic rings. The van der Waals surface area contributed by atoms with Gasteiger partial charge in [0, 0.05) is 25.1 Å². The lowest BCUT2D eigenvalue weighted by Crippen LogP contribution is -2.34. The molecule has 1 amide bonds. The second-order valence-corrected chi connectivity index (χ2v) is 4.72. The van der Waals surface area contributed by atoms with Crippen molar-refractivity contribution in [3.63, 3.8) is 0 Å². The van der Waals surface area contributed by atoms with Crippen molar-refractivity contribution >= 4 is 17.2 Å². The van der Waals surface area contributed by atoms with Crippen molar-refractivity contribution in [3.8, 4) is 0 Å². The van der Waals surface area contributed by atoms with Gasteiger partial charge in [-0.05, 0) is 17.9 Å². The lowest BCUT2D eigenvalue weighted by atomic mass is 10.2. The van der Waals surface area contributed by atoms with E-state index in [0.717, 1.165) is 11.3 Å². The Balaban J connectivity index is 2.07. The number of hydrogen-bond acceptors (Lipinski definition) is 5. The van der Waals surface area contributed by atoms with E-state index < -0.39 is 6.04 Å². The molecule has 0 spiro atoms. The summed E-state index contributed by atoms with van der Waals surface area (Å²) >= 11 is 1.49. The van der Waals surface area contributed by atoms with Gasteiger partial charge in [0.25, 0.3) is 0 Å². The topological polar surface area (TPSA) is 73.6 Å². The van der Waals surface area contributed by atoms with Gasteiger partial charge in [0.15, 0.2) is 0 Å². The van der Waals surface area contributed by atoms with Crippen LogP contribution in [0.25, 0.3) is 0 Å². The molecule has 0 saturated heterocycles. The van der Waals surface area contributed by atoms with Gasteiger partial charge >= 0.3 is 0 Å². The zero-order valence-corrected chi connectivity index (χ0v) is 11.4. The fourth-order valence-corrected chi connectivity index (χ4v) is 2.06. The highest BCUT2D eigenvalue weighted by Gasteiger charge is 2.15. The molecule has 1 heterocycles. The van der Waals surface area contributed by atoms with E-state index in [2.05, 4.69) is 5.32 Å². The maximum atomic E-state index is 11.7. The average molecular weight is 272 g/mol. The summed E-state index contributed by atoms with van der Waals surface area (Å²) in [6.45, 7) is 2.36. The molecular weight excluding hydrogens is 252 g/mol. The fourth-order valence-electron chi connectivity index (χ4n) is 1.34. The SMILES string of the molecule is COCCOCCCNC(=O)C(N)c1cccs1. The van der Waals surface area contributed by atoms with Crippen molar-refractivity contribution < 1.29 is 14.3 Å². The Hall–Kier alpha value is -0.950. The molecule has 1 aromatic heterocycles. The van der Waals surface area contributed by atoms with Gasteiger partial charge in [-0.25, -0.2) is 0 Å². The van der Waals surface area contributed by atoms with Crippen LogP contribution >= 0.6 is 11.3 Å². The van der Waals surface area contributed by atoms with Crippen molar-refractivity contribution in [2.24, 2.45) is 5.73 Å². The number of amides is 1. The molecule has 0 aromatic carbocycles. The molecule has 0 radical (unpaired) electrons. The van der Waals surface area contributed by atoms with Crippen LogP contribution in [0, 0.1) is 0 Å². The van der Waals surface area contributed by atoms with Crippen molar-refractivity contribution in [1.29, 1.82) is 0 Å². The van der Waals surface area contributed by atoms with E-state index in [9.17, 15) is 4.79 Å². The Morgan fingerprint density at radius 3 is 3.00 bits per heavy atom. The first-order valence-electron chi connectivity index (χ1n) is 5.89. The van der Waals surface area contributed by atoms with E-state index in [4.69, 9.17) is 15.2 Å². The first-order valence-corrected chi connectivity index (χ1v) is 6.77. The largest absolute Gasteiger partial charge is 0.382 e. The number of ether oxygens (including phenoxy) is 2. The standard InChI is InChI=1S/C12H20N2O3S/c1-16-7-8-17-6-3-5-14-12(15)11(13)10-4-2-9-18-10/h2,4,9,11H,3,5-8,13H2,1H3,(H,14,15). The van der Waals surface area contributed by atoms with Crippen molar-refractivity contribution in [1.82, 2.24) is 5.32 Å². The first-order chi connectivity index (χ1) is 8.75. The molecule has 0 aliphatic carbocycles. The maximum absolute atomic E-state index is 11.7. The van der Waals surface area contributed by atoms with Crippen molar-refractivity contribution in [2.45, 2.75) is 12.5 Å². The molecule has 0 fully saturated rings. The smallest absolute Gasteiger partial charge is 0.242 e. The van der Waals surface area contributed by atoms with Crippen LogP contribution in [-0.4, -0.2) is 39.4 Å². The van der Waals surface area contributed by atoms with Gasteiger partial charge in [-0.3, -0.25) is 4.79 Å². The monoisotopic (exact) mass is 272 g/mol. The lowest BCUT2D eigenvalue weighted by Gasteiger charge is -2.10. The predicted octanol–water partition coefficient (Wildman–Crippen LogP) is 0.917. The quantitative estimate of drug-likeness (QED) is 0.656.